The summed E-state index contributed by atoms with van der Waals surface area (Å²) in [6.45, 7) is 6.99. The molecule has 2 N–H and O–H groups in total. The van der Waals surface area contributed by atoms with Crippen LogP contribution in [0.1, 0.15) is 0 Å². The molecule has 0 saturated heterocycles. The molecule has 9 heteroatoms. The number of H-pyrrole nitrogens is 2. The molecule has 0 unspecified atom stereocenters. The van der Waals surface area contributed by atoms with Crippen molar-refractivity contribution in [3.05, 3.63) is 76.9 Å². The zero-order valence-electron chi connectivity index (χ0n) is 18.8. The molecule has 172 valence electrons. The van der Waals surface area contributed by atoms with Gasteiger partial charge in [-0.15, -0.1) is 0 Å². The van der Waals surface area contributed by atoms with Crippen molar-refractivity contribution in [1.29, 1.82) is 0 Å². The topological polar surface area (TPSA) is 83.6 Å². The average molecular weight is 598 g/mol. The van der Waals surface area contributed by atoms with E-state index in [4.69, 9.17) is 8.83 Å². The molecule has 6 nitrogen and oxygen atoms in total. The predicted molar refractivity (Wildman–Crippen MR) is 146 cm³/mol. The molecule has 6 rings (SSSR count). The fraction of sp³-hybridized carbons (Fsp3) is 0.120. The van der Waals surface area contributed by atoms with E-state index in [1.54, 1.807) is 31.2 Å². The summed E-state index contributed by atoms with van der Waals surface area (Å²) in [6, 6.07) is 8.10. The molecule has 0 saturated carbocycles. The second-order valence-corrected chi connectivity index (χ2v) is 15.8. The minimum Gasteiger partial charge on any atom is -0.472 e. The maximum Gasteiger partial charge on any atom is 0.137 e. The van der Waals surface area contributed by atoms with Crippen LogP contribution in [-0.4, -0.2) is 28.0 Å². The van der Waals surface area contributed by atoms with Crippen LogP contribution >= 0.6 is 31.9 Å². The molecular formula is C25H22Br2N4O2Si. The SMILES string of the molecule is Brc1cnc2[nH]cc(-c3ccoc3)c2c1.C[Si](C)(C)c1[nH]c2ncc(Br)cc2c1-c1ccoc1. The second kappa shape index (κ2) is 9.05. The normalized spacial score (nSPS) is 11.7. The quantitative estimate of drug-likeness (QED) is 0.205. The Morgan fingerprint density at radius 2 is 1.44 bits per heavy atom. The molecule has 34 heavy (non-hydrogen) atoms. The third kappa shape index (κ3) is 4.43. The first-order valence-corrected chi connectivity index (χ1v) is 15.8. The molecular weight excluding hydrogens is 576 g/mol. The molecule has 0 aliphatic carbocycles. The Hall–Kier alpha value is -2.88. The van der Waals surface area contributed by atoms with Crippen LogP contribution in [-0.2, 0) is 0 Å². The van der Waals surface area contributed by atoms with Crippen LogP contribution in [0.15, 0.2) is 85.7 Å². The van der Waals surface area contributed by atoms with Crippen molar-refractivity contribution in [3.63, 3.8) is 0 Å². The Labute approximate surface area is 214 Å². The van der Waals surface area contributed by atoms with Gasteiger partial charge in [0.05, 0.1) is 33.1 Å². The zero-order chi connectivity index (χ0) is 23.9. The molecule has 6 aromatic heterocycles. The highest BCUT2D eigenvalue weighted by Crippen LogP contribution is 2.31. The summed E-state index contributed by atoms with van der Waals surface area (Å²) in [7, 11) is -1.49. The molecule has 6 aromatic rings. The molecule has 0 atom stereocenters. The van der Waals surface area contributed by atoms with Crippen LogP contribution in [0.3, 0.4) is 0 Å². The van der Waals surface area contributed by atoms with Crippen molar-refractivity contribution in [3.8, 4) is 22.3 Å². The van der Waals surface area contributed by atoms with Gasteiger partial charge in [0.1, 0.15) is 11.3 Å². The van der Waals surface area contributed by atoms with E-state index in [0.29, 0.717) is 0 Å². The lowest BCUT2D eigenvalue weighted by molar-refractivity contribution is 0.568. The molecule has 0 spiro atoms. The van der Waals surface area contributed by atoms with E-state index in [1.807, 2.05) is 30.6 Å². The van der Waals surface area contributed by atoms with Crippen molar-refractivity contribution in [2.75, 3.05) is 0 Å². The number of nitrogens with zero attached hydrogens (tertiary/aromatic N) is 2. The van der Waals surface area contributed by atoms with Gasteiger partial charge in [-0.2, -0.15) is 0 Å². The Balaban J connectivity index is 0.000000145. The maximum absolute atomic E-state index is 5.25. The highest BCUT2D eigenvalue weighted by Gasteiger charge is 2.26. The van der Waals surface area contributed by atoms with Gasteiger partial charge in [0.2, 0.25) is 0 Å². The number of aromatic amines is 2. The number of rotatable bonds is 3. The second-order valence-electron chi connectivity index (χ2n) is 8.95. The number of halogens is 2. The summed E-state index contributed by atoms with van der Waals surface area (Å²) in [6.07, 6.45) is 12.4. The third-order valence-electron chi connectivity index (χ3n) is 5.51. The minimum atomic E-state index is -1.49. The number of pyridine rings is 2. The first-order chi connectivity index (χ1) is 16.3. The number of hydrogen-bond acceptors (Lipinski definition) is 4. The van der Waals surface area contributed by atoms with Gasteiger partial charge >= 0.3 is 0 Å². The van der Waals surface area contributed by atoms with E-state index >= 15 is 0 Å². The molecule has 0 aromatic carbocycles. The summed E-state index contributed by atoms with van der Waals surface area (Å²) in [5.41, 5.74) is 6.33. The van der Waals surface area contributed by atoms with E-state index < -0.39 is 8.07 Å². The van der Waals surface area contributed by atoms with Crippen LogP contribution in [0.25, 0.3) is 44.3 Å². The number of nitrogens with one attached hydrogen (secondary N) is 2. The summed E-state index contributed by atoms with van der Waals surface area (Å²) >= 11 is 6.92. The largest absolute Gasteiger partial charge is 0.472 e. The lowest BCUT2D eigenvalue weighted by Gasteiger charge is -2.16. The van der Waals surface area contributed by atoms with Crippen molar-refractivity contribution in [2.45, 2.75) is 19.6 Å². The average Bonchev–Trinajstić information content (AvgIpc) is 3.57. The van der Waals surface area contributed by atoms with Crippen LogP contribution in [0.4, 0.5) is 0 Å². The van der Waals surface area contributed by atoms with Gasteiger partial charge in [0.15, 0.2) is 0 Å². The number of furan rings is 2. The van der Waals surface area contributed by atoms with Crippen LogP contribution in [0.5, 0.6) is 0 Å². The van der Waals surface area contributed by atoms with Crippen molar-refractivity contribution in [2.24, 2.45) is 0 Å². The fourth-order valence-corrected chi connectivity index (χ4v) is 6.13. The van der Waals surface area contributed by atoms with Crippen molar-refractivity contribution >= 4 is 67.3 Å². The van der Waals surface area contributed by atoms with Gasteiger partial charge in [-0.25, -0.2) is 9.97 Å². The van der Waals surface area contributed by atoms with Gasteiger partial charge < -0.3 is 18.8 Å². The summed E-state index contributed by atoms with van der Waals surface area (Å²) < 4.78 is 12.3. The van der Waals surface area contributed by atoms with Crippen LogP contribution in [0.2, 0.25) is 19.6 Å². The van der Waals surface area contributed by atoms with E-state index in [1.165, 1.54) is 10.9 Å². The molecule has 0 amide bonds. The third-order valence-corrected chi connectivity index (χ3v) is 8.25. The summed E-state index contributed by atoms with van der Waals surface area (Å²) in [5, 5.41) is 3.55. The molecule has 0 aliphatic rings. The van der Waals surface area contributed by atoms with Gasteiger partial charge in [-0.1, -0.05) is 19.6 Å². The smallest absolute Gasteiger partial charge is 0.137 e. The van der Waals surface area contributed by atoms with E-state index in [0.717, 1.165) is 47.7 Å². The Morgan fingerprint density at radius 3 is 2.06 bits per heavy atom. The van der Waals surface area contributed by atoms with Gasteiger partial charge in [0.25, 0.3) is 0 Å². The first kappa shape index (κ1) is 22.9. The Morgan fingerprint density at radius 1 is 0.824 bits per heavy atom. The molecule has 0 bridgehead atoms. The first-order valence-electron chi connectivity index (χ1n) is 10.7. The molecule has 0 aliphatic heterocycles. The van der Waals surface area contributed by atoms with Gasteiger partial charge in [-0.05, 0) is 56.1 Å². The minimum absolute atomic E-state index is 0.884. The molecule has 0 fully saturated rings. The number of hydrogen-bond donors (Lipinski definition) is 2. The van der Waals surface area contributed by atoms with Crippen LogP contribution < -0.4 is 5.32 Å². The van der Waals surface area contributed by atoms with E-state index in [9.17, 15) is 0 Å². The predicted octanol–water partition coefficient (Wildman–Crippen LogP) is 7.72. The summed E-state index contributed by atoms with van der Waals surface area (Å²) in [4.78, 5) is 15.4. The standard InChI is InChI=1S/C14H15BrN2OSi.C11H7BrN2O/c1-19(2,3)14-12(9-4-5-18-8-9)11-6-10(15)7-16-13(11)17-14;12-8-3-9-10(7-1-2-15-6-7)5-14-11(9)13-4-8/h4-8H,1-3H3,(H,16,17);1-6H,(H,13,14). The fourth-order valence-electron chi connectivity index (χ4n) is 3.95. The van der Waals surface area contributed by atoms with Crippen molar-refractivity contribution in [1.82, 2.24) is 19.9 Å². The zero-order valence-corrected chi connectivity index (χ0v) is 23.0. The highest BCUT2D eigenvalue weighted by molar-refractivity contribution is 9.10. The van der Waals surface area contributed by atoms with Crippen LogP contribution in [0, 0.1) is 0 Å². The number of aromatic nitrogens is 4. The van der Waals surface area contributed by atoms with E-state index in [-0.39, 0.29) is 0 Å². The lowest BCUT2D eigenvalue weighted by Crippen LogP contribution is -2.39. The maximum atomic E-state index is 5.25. The van der Waals surface area contributed by atoms with Gasteiger partial charge in [-0.3, -0.25) is 0 Å². The lowest BCUT2D eigenvalue weighted by atomic mass is 10.1. The number of fused-ring (bicyclic) bond motifs is 2. The Kier molecular flexibility index (Phi) is 6.09. The van der Waals surface area contributed by atoms with E-state index in [2.05, 4.69) is 77.5 Å². The Bertz CT molecular complexity index is 1560. The van der Waals surface area contributed by atoms with Gasteiger partial charge in [0, 0.05) is 65.9 Å². The molecule has 6 heterocycles. The summed E-state index contributed by atoms with van der Waals surface area (Å²) in [5.74, 6) is 0. The highest BCUT2D eigenvalue weighted by atomic mass is 79.9. The van der Waals surface area contributed by atoms with Crippen molar-refractivity contribution < 1.29 is 8.83 Å². The molecule has 0 radical (unpaired) electrons. The monoisotopic (exact) mass is 596 g/mol.